The van der Waals surface area contributed by atoms with E-state index in [4.69, 9.17) is 11.6 Å². The molecule has 4 aromatic heterocycles. The molecule has 0 bridgehead atoms. The van der Waals surface area contributed by atoms with Gasteiger partial charge in [-0.2, -0.15) is 49.6 Å². The van der Waals surface area contributed by atoms with Crippen molar-refractivity contribution in [2.75, 3.05) is 28.8 Å². The number of pyridine rings is 2. The molecule has 2 aromatic carbocycles. The molecule has 0 spiro atoms. The first-order chi connectivity index (χ1) is 37.3. The maximum Gasteiger partial charge on any atom is 0.469 e. The van der Waals surface area contributed by atoms with E-state index in [-0.39, 0.29) is 36.1 Å². The summed E-state index contributed by atoms with van der Waals surface area (Å²) in [7, 11) is -13.2. The van der Waals surface area contributed by atoms with Crippen LogP contribution in [0.4, 0.5) is 60.3 Å². The number of sulfonamides is 1. The molecule has 432 valence electrons. The fraction of sp³-hybridized carbons (Fsp3) is 0.333. The summed E-state index contributed by atoms with van der Waals surface area (Å²) >= 11 is 6.72. The van der Waals surface area contributed by atoms with Crippen LogP contribution in [-0.2, 0) is 72.0 Å². The highest BCUT2D eigenvalue weighted by molar-refractivity contribution is 7.93. The van der Waals surface area contributed by atoms with E-state index in [1.54, 1.807) is 0 Å². The SMILES string of the molecule is CN(C(=O)N(c1nn(CC(F)(F)F)c2c(-c3ccc(C#CC(C)(C)S(C)(=O)=O)nc3[C@H](Cc3cc(F)cc(F)c3)NC(=O)Cn3nc(C(F)(F)F)c4c3C(F)(F)[C@@H]3C=C[C@H]43)ccc(Cl)c12)S(C)(=O)=O)c1ncccc1COP(=O)(O)O. The number of phosphoric acid groups is 1. The van der Waals surface area contributed by atoms with Gasteiger partial charge < -0.3 is 15.1 Å². The molecule has 3 atom stereocenters. The first-order valence-corrected chi connectivity index (χ1v) is 28.8. The molecule has 8 rings (SSSR count). The van der Waals surface area contributed by atoms with E-state index in [9.17, 15) is 75.9 Å². The van der Waals surface area contributed by atoms with E-state index in [2.05, 4.69) is 41.8 Å². The van der Waals surface area contributed by atoms with Gasteiger partial charge in [-0.15, -0.1) is 0 Å². The summed E-state index contributed by atoms with van der Waals surface area (Å²) in [6, 6.07) is 5.23. The Labute approximate surface area is 457 Å². The number of halogens is 11. The fourth-order valence-corrected chi connectivity index (χ4v) is 10.6. The number of hydrogen-bond acceptors (Lipinski definition) is 12. The first-order valence-electron chi connectivity index (χ1n) is 23.2. The number of urea groups is 1. The molecule has 0 saturated heterocycles. The summed E-state index contributed by atoms with van der Waals surface area (Å²) < 4.78 is 217. The van der Waals surface area contributed by atoms with Crippen molar-refractivity contribution in [3.05, 3.63) is 129 Å². The van der Waals surface area contributed by atoms with E-state index >= 15 is 8.78 Å². The minimum Gasteiger partial charge on any atom is -0.346 e. The van der Waals surface area contributed by atoms with E-state index in [0.29, 0.717) is 17.2 Å². The quantitative estimate of drug-likeness (QED) is 0.0378. The van der Waals surface area contributed by atoms with Crippen LogP contribution in [0.5, 0.6) is 0 Å². The Morgan fingerprint density at radius 3 is 2.17 bits per heavy atom. The number of aromatic nitrogens is 6. The summed E-state index contributed by atoms with van der Waals surface area (Å²) in [5.74, 6) is -7.39. The molecule has 3 amide bonds. The maximum absolute atomic E-state index is 15.9. The van der Waals surface area contributed by atoms with Gasteiger partial charge in [0.1, 0.15) is 46.7 Å². The Balaban J connectivity index is 1.36. The van der Waals surface area contributed by atoms with Crippen LogP contribution >= 0.6 is 19.4 Å². The molecule has 6 aromatic rings. The van der Waals surface area contributed by atoms with Crippen molar-refractivity contribution >= 4 is 73.8 Å². The predicted octanol–water partition coefficient (Wildman–Crippen LogP) is 8.48. The molecule has 4 heterocycles. The minimum absolute atomic E-state index is 0.0652. The van der Waals surface area contributed by atoms with Gasteiger partial charge in [-0.1, -0.05) is 41.8 Å². The summed E-state index contributed by atoms with van der Waals surface area (Å²) in [5.41, 5.74) is -6.79. The van der Waals surface area contributed by atoms with E-state index in [0.717, 1.165) is 68.1 Å². The van der Waals surface area contributed by atoms with Crippen LogP contribution in [0.2, 0.25) is 5.02 Å². The number of anilines is 2. The Morgan fingerprint density at radius 2 is 1.59 bits per heavy atom. The Morgan fingerprint density at radius 1 is 0.938 bits per heavy atom. The van der Waals surface area contributed by atoms with Gasteiger partial charge in [-0.05, 0) is 68.2 Å². The number of benzene rings is 2. The van der Waals surface area contributed by atoms with Gasteiger partial charge in [0.2, 0.25) is 15.9 Å². The molecule has 0 unspecified atom stereocenters. The van der Waals surface area contributed by atoms with Gasteiger partial charge in [0.05, 0.1) is 46.4 Å². The van der Waals surface area contributed by atoms with Gasteiger partial charge in [0, 0.05) is 53.7 Å². The lowest BCUT2D eigenvalue weighted by Crippen LogP contribution is -2.45. The number of fused-ring (bicyclic) bond motifs is 4. The number of allylic oxidation sites excluding steroid dienone is 2. The molecule has 19 nitrogen and oxygen atoms in total. The van der Waals surface area contributed by atoms with Crippen molar-refractivity contribution in [2.24, 2.45) is 5.92 Å². The van der Waals surface area contributed by atoms with Crippen molar-refractivity contribution in [1.82, 2.24) is 34.8 Å². The van der Waals surface area contributed by atoms with Crippen molar-refractivity contribution in [1.29, 1.82) is 0 Å². The van der Waals surface area contributed by atoms with Gasteiger partial charge >= 0.3 is 26.2 Å². The Bertz CT molecular complexity index is 3930. The van der Waals surface area contributed by atoms with Crippen molar-refractivity contribution in [3.8, 4) is 23.0 Å². The fourth-order valence-electron chi connectivity index (χ4n) is 9.00. The third kappa shape index (κ3) is 12.3. The smallest absolute Gasteiger partial charge is 0.346 e. The molecular formula is C48H41ClF10N9O10PS2. The summed E-state index contributed by atoms with van der Waals surface area (Å²) in [6.45, 7) is -1.93. The zero-order valence-electron chi connectivity index (χ0n) is 42.1. The molecule has 33 heteroatoms. The second-order valence-corrected chi connectivity index (χ2v) is 25.2. The van der Waals surface area contributed by atoms with Gasteiger partial charge in [0.25, 0.3) is 5.92 Å². The number of sulfone groups is 1. The average Bonchev–Trinajstić information content (AvgIpc) is 2.84. The van der Waals surface area contributed by atoms with Crippen LogP contribution in [0.1, 0.15) is 65.3 Å². The Hall–Kier alpha value is -6.94. The van der Waals surface area contributed by atoms with Crippen LogP contribution in [0.3, 0.4) is 0 Å². The lowest BCUT2D eigenvalue weighted by Gasteiger charge is -2.27. The lowest BCUT2D eigenvalue weighted by atomic mass is 9.81. The number of nitrogens with zero attached hydrogens (tertiary/aromatic N) is 8. The van der Waals surface area contributed by atoms with Gasteiger partial charge in [-0.25, -0.2) is 44.9 Å². The van der Waals surface area contributed by atoms with Crippen LogP contribution in [0.25, 0.3) is 22.0 Å². The standard InChI is InChI=1S/C48H41ClF10N9O10PS2/c1-45(2,80(4,74)75)15-14-28-8-9-29(38(61-28)34(19-24-17-26(50)20-27(51)18-24)62-35(69)21-66-41-36(40(63-66)48(57,58)59)31-10-12-32(31)47(41,55)56)30-11-13-33(49)37-39(30)67(23-46(52,53)54)64-43(37)68(81(5,76)77)44(70)65(3)42-25(7-6-16-60-42)22-78-79(71,72)73/h6-13,16-18,20,31-32,34H,19,21-23H2,1-5H3,(H,62,69)(H2,71,72,73)/t31-,32+,34-/m0/s1. The van der Waals surface area contributed by atoms with Crippen LogP contribution in [0, 0.1) is 29.4 Å². The second-order valence-electron chi connectivity index (χ2n) is 19.1. The van der Waals surface area contributed by atoms with Crippen molar-refractivity contribution < 1.29 is 89.2 Å². The zero-order valence-corrected chi connectivity index (χ0v) is 45.4. The van der Waals surface area contributed by atoms with Crippen LogP contribution in [-0.4, -0.2) is 98.6 Å². The zero-order chi connectivity index (χ0) is 59.9. The molecule has 0 fully saturated rings. The van der Waals surface area contributed by atoms with E-state index in [1.807, 2.05) is 0 Å². The normalized spacial score (nSPS) is 16.5. The second kappa shape index (κ2) is 21.1. The molecule has 2 aliphatic rings. The summed E-state index contributed by atoms with van der Waals surface area (Å²) in [4.78, 5) is 56.6. The number of alkyl halides is 8. The van der Waals surface area contributed by atoms with Crippen LogP contribution in [0.15, 0.2) is 72.9 Å². The lowest BCUT2D eigenvalue weighted by molar-refractivity contribution is -0.143. The molecule has 0 saturated carbocycles. The highest BCUT2D eigenvalue weighted by atomic mass is 35.5. The highest BCUT2D eigenvalue weighted by Crippen LogP contribution is 2.60. The Kier molecular flexibility index (Phi) is 15.7. The molecule has 3 N–H and O–H groups in total. The number of hydrogen-bond donors (Lipinski definition) is 3. The van der Waals surface area contributed by atoms with E-state index < -0.39 is 174 Å². The van der Waals surface area contributed by atoms with Crippen LogP contribution < -0.4 is 14.5 Å². The third-order valence-electron chi connectivity index (χ3n) is 12.9. The number of rotatable bonds is 15. The summed E-state index contributed by atoms with van der Waals surface area (Å²) in [5, 5.41) is 8.48. The van der Waals surface area contributed by atoms with Crippen molar-refractivity contribution in [3.63, 3.8) is 0 Å². The number of amides is 3. The largest absolute Gasteiger partial charge is 0.469 e. The molecule has 0 aliphatic heterocycles. The monoisotopic (exact) mass is 1220 g/mol. The topological polar surface area (TPSA) is 249 Å². The number of nitrogens with one attached hydrogen (secondary N) is 1. The minimum atomic E-state index is -5.30. The molecule has 2 aliphatic carbocycles. The number of carbonyl (C=O) groups excluding carboxylic acids is 2. The molecule has 81 heavy (non-hydrogen) atoms. The third-order valence-corrected chi connectivity index (χ3v) is 16.6. The maximum atomic E-state index is 15.9. The van der Waals surface area contributed by atoms with Crippen molar-refractivity contribution in [2.45, 2.75) is 74.9 Å². The summed E-state index contributed by atoms with van der Waals surface area (Å²) in [6.07, 6.45) is -6.80. The van der Waals surface area contributed by atoms with Gasteiger partial charge in [0.15, 0.2) is 21.3 Å². The van der Waals surface area contributed by atoms with E-state index in [1.165, 1.54) is 26.0 Å². The molecule has 0 radical (unpaired) electrons. The average molecular weight is 1220 g/mol. The first kappa shape index (κ1) is 60.2. The predicted molar refractivity (Wildman–Crippen MR) is 269 cm³/mol. The number of phosphoric ester groups is 1. The van der Waals surface area contributed by atoms with Gasteiger partial charge in [-0.3, -0.25) is 23.6 Å². The highest BCUT2D eigenvalue weighted by Gasteiger charge is 2.61. The number of carbonyl (C=O) groups is 2. The molecular weight excluding hydrogens is 1180 g/mol.